The van der Waals surface area contributed by atoms with E-state index in [0.29, 0.717) is 28.7 Å². The summed E-state index contributed by atoms with van der Waals surface area (Å²) in [5, 5.41) is 0. The Hall–Kier alpha value is -4.37. The number of hydrogen-bond acceptors (Lipinski definition) is 6. The molecule has 1 amide bonds. The van der Waals surface area contributed by atoms with Gasteiger partial charge in [0.2, 0.25) is 0 Å². The summed E-state index contributed by atoms with van der Waals surface area (Å²) in [6.07, 6.45) is 0.596. The number of aromatic nitrogens is 1. The minimum Gasteiger partial charge on any atom is -0.456 e. The Labute approximate surface area is 215 Å². The van der Waals surface area contributed by atoms with Gasteiger partial charge in [0, 0.05) is 11.8 Å². The average Bonchev–Trinajstić information content (AvgIpc) is 3.33. The van der Waals surface area contributed by atoms with Crippen molar-refractivity contribution in [3.8, 4) is 11.1 Å². The van der Waals surface area contributed by atoms with Gasteiger partial charge in [0.15, 0.2) is 5.69 Å². The second kappa shape index (κ2) is 11.6. The predicted octanol–water partition coefficient (Wildman–Crippen LogP) is 5.09. The van der Waals surface area contributed by atoms with Gasteiger partial charge in [0.05, 0.1) is 0 Å². The molecule has 3 aromatic carbocycles. The molecular weight excluding hydrogens is 492 g/mol. The molecule has 0 saturated heterocycles. The van der Waals surface area contributed by atoms with Crippen LogP contribution in [0.4, 0.5) is 4.79 Å². The first-order chi connectivity index (χ1) is 17.9. The number of benzene rings is 3. The van der Waals surface area contributed by atoms with E-state index in [0.717, 1.165) is 9.54 Å². The van der Waals surface area contributed by atoms with Crippen molar-refractivity contribution in [1.29, 1.82) is 0 Å². The van der Waals surface area contributed by atoms with Crippen molar-refractivity contribution in [1.82, 2.24) is 8.69 Å². The lowest BCUT2D eigenvalue weighted by Gasteiger charge is -2.13. The highest BCUT2D eigenvalue weighted by molar-refractivity contribution is 7.88. The molecule has 9 heteroatoms. The molecule has 0 aliphatic heterocycles. The first kappa shape index (κ1) is 25.7. The third-order valence-electron chi connectivity index (χ3n) is 5.58. The number of nitrogens with one attached hydrogen (secondary N) is 1. The Bertz CT molecular complexity index is 1470. The fraction of sp³-hybridized carbons (Fsp3) is 0.143. The molecule has 1 heterocycles. The Morgan fingerprint density at radius 3 is 1.84 bits per heavy atom. The fourth-order valence-corrected chi connectivity index (χ4v) is 4.85. The third-order valence-corrected chi connectivity index (χ3v) is 6.82. The van der Waals surface area contributed by atoms with E-state index in [-0.39, 0.29) is 18.9 Å². The quantitative estimate of drug-likeness (QED) is 0.310. The SMILES string of the molecule is CCc1cn(S(=O)(=O)NC(=O)OCc2ccccc2)c(C(=O)OCc2ccccc2)c1-c1ccccc1. The zero-order valence-electron chi connectivity index (χ0n) is 20.2. The molecule has 0 aliphatic carbocycles. The Morgan fingerprint density at radius 1 is 0.784 bits per heavy atom. The smallest absolute Gasteiger partial charge is 0.422 e. The maximum Gasteiger partial charge on any atom is 0.422 e. The molecule has 0 saturated carbocycles. The normalized spacial score (nSPS) is 11.1. The molecule has 1 aromatic heterocycles. The summed E-state index contributed by atoms with van der Waals surface area (Å²) in [4.78, 5) is 25.7. The number of carbonyl (C=O) groups excluding carboxylic acids is 2. The Morgan fingerprint density at radius 2 is 1.30 bits per heavy atom. The second-order valence-corrected chi connectivity index (χ2v) is 9.67. The van der Waals surface area contributed by atoms with Gasteiger partial charge < -0.3 is 9.47 Å². The van der Waals surface area contributed by atoms with Gasteiger partial charge in [0.25, 0.3) is 0 Å². The number of amides is 1. The zero-order valence-corrected chi connectivity index (χ0v) is 21.0. The van der Waals surface area contributed by atoms with Gasteiger partial charge in [-0.25, -0.2) is 18.3 Å². The van der Waals surface area contributed by atoms with Gasteiger partial charge in [-0.1, -0.05) is 97.9 Å². The zero-order chi connectivity index (χ0) is 26.3. The highest BCUT2D eigenvalue weighted by Gasteiger charge is 2.31. The lowest BCUT2D eigenvalue weighted by Crippen LogP contribution is -2.36. The predicted molar refractivity (Wildman–Crippen MR) is 139 cm³/mol. The van der Waals surface area contributed by atoms with Gasteiger partial charge in [-0.2, -0.15) is 8.42 Å². The molecule has 0 atom stereocenters. The lowest BCUT2D eigenvalue weighted by molar-refractivity contribution is 0.0465. The number of nitrogens with zero attached hydrogens (tertiary/aromatic N) is 1. The fourth-order valence-electron chi connectivity index (χ4n) is 3.81. The van der Waals surface area contributed by atoms with Crippen molar-refractivity contribution in [2.24, 2.45) is 0 Å². The first-order valence-electron chi connectivity index (χ1n) is 11.6. The van der Waals surface area contributed by atoms with Crippen molar-refractivity contribution in [2.75, 3.05) is 0 Å². The second-order valence-electron chi connectivity index (χ2n) is 8.12. The minimum absolute atomic E-state index is 0.0485. The molecule has 8 nitrogen and oxygen atoms in total. The maximum atomic E-state index is 13.4. The maximum absolute atomic E-state index is 13.4. The number of rotatable bonds is 9. The van der Waals surface area contributed by atoms with Crippen LogP contribution >= 0.6 is 0 Å². The molecule has 4 aromatic rings. The largest absolute Gasteiger partial charge is 0.456 e. The van der Waals surface area contributed by atoms with Crippen LogP contribution in [-0.2, 0) is 39.3 Å². The number of esters is 1. The summed E-state index contributed by atoms with van der Waals surface area (Å²) in [5.74, 6) is -0.842. The minimum atomic E-state index is -4.55. The number of hydrogen-bond donors (Lipinski definition) is 1. The van der Waals surface area contributed by atoms with Gasteiger partial charge in [0.1, 0.15) is 13.2 Å². The Kier molecular flexibility index (Phi) is 8.05. The van der Waals surface area contributed by atoms with E-state index in [1.54, 1.807) is 60.7 Å². The van der Waals surface area contributed by atoms with E-state index in [2.05, 4.69) is 0 Å². The molecule has 0 fully saturated rings. The summed E-state index contributed by atoms with van der Waals surface area (Å²) in [5.41, 5.74) is 2.90. The third kappa shape index (κ3) is 6.25. The number of carbonyl (C=O) groups is 2. The highest BCUT2D eigenvalue weighted by atomic mass is 32.2. The molecular formula is C28H26N2O6S. The van der Waals surface area contributed by atoms with Crippen LogP contribution in [0.5, 0.6) is 0 Å². The molecule has 1 N–H and O–H groups in total. The molecule has 0 radical (unpaired) electrons. The Balaban J connectivity index is 1.67. The van der Waals surface area contributed by atoms with Crippen LogP contribution in [0.2, 0.25) is 0 Å². The highest BCUT2D eigenvalue weighted by Crippen LogP contribution is 2.32. The van der Waals surface area contributed by atoms with Crippen molar-refractivity contribution >= 4 is 22.3 Å². The standard InChI is InChI=1S/C28H26N2O6S/c1-2-23-18-30(37(33,34)29-28(32)36-20-22-14-8-4-9-15-22)26(25(23)24-16-10-5-11-17-24)27(31)35-19-21-12-6-3-7-13-21/h3-18H,2,19-20H2,1H3,(H,29,32). The van der Waals surface area contributed by atoms with Crippen molar-refractivity contribution in [3.05, 3.63) is 120 Å². The van der Waals surface area contributed by atoms with Crippen LogP contribution in [-0.4, -0.2) is 24.5 Å². The lowest BCUT2D eigenvalue weighted by atomic mass is 10.0. The number of aryl methyl sites for hydroxylation is 1. The van der Waals surface area contributed by atoms with E-state index in [4.69, 9.17) is 9.47 Å². The van der Waals surface area contributed by atoms with Crippen molar-refractivity contribution in [2.45, 2.75) is 26.6 Å². The topological polar surface area (TPSA) is 104 Å². The summed E-state index contributed by atoms with van der Waals surface area (Å²) < 4.78 is 39.9. The van der Waals surface area contributed by atoms with Crippen LogP contribution < -0.4 is 4.72 Å². The first-order valence-corrected chi connectivity index (χ1v) is 13.1. The van der Waals surface area contributed by atoms with E-state index in [1.165, 1.54) is 6.20 Å². The molecule has 4 rings (SSSR count). The molecule has 37 heavy (non-hydrogen) atoms. The van der Waals surface area contributed by atoms with Crippen molar-refractivity contribution in [3.63, 3.8) is 0 Å². The summed E-state index contributed by atoms with van der Waals surface area (Å²) in [6.45, 7) is 1.68. The molecule has 0 spiro atoms. The average molecular weight is 519 g/mol. The van der Waals surface area contributed by atoms with E-state index >= 15 is 0 Å². The molecule has 190 valence electrons. The van der Waals surface area contributed by atoms with E-state index in [9.17, 15) is 18.0 Å². The van der Waals surface area contributed by atoms with Crippen LogP contribution in [0.1, 0.15) is 34.1 Å². The van der Waals surface area contributed by atoms with Gasteiger partial charge in [-0.3, -0.25) is 0 Å². The summed E-state index contributed by atoms with van der Waals surface area (Å²) in [7, 11) is -4.55. The van der Waals surface area contributed by atoms with Crippen LogP contribution in [0.15, 0.2) is 97.2 Å². The summed E-state index contributed by atoms with van der Waals surface area (Å²) in [6, 6.07) is 26.9. The van der Waals surface area contributed by atoms with E-state index in [1.807, 2.05) is 42.0 Å². The van der Waals surface area contributed by atoms with Crippen LogP contribution in [0.25, 0.3) is 11.1 Å². The van der Waals surface area contributed by atoms with Crippen molar-refractivity contribution < 1.29 is 27.5 Å². The van der Waals surface area contributed by atoms with Crippen LogP contribution in [0.3, 0.4) is 0 Å². The monoisotopic (exact) mass is 518 g/mol. The van der Waals surface area contributed by atoms with Gasteiger partial charge in [-0.15, -0.1) is 0 Å². The molecule has 0 bridgehead atoms. The molecule has 0 aliphatic rings. The van der Waals surface area contributed by atoms with E-state index < -0.39 is 22.3 Å². The summed E-state index contributed by atoms with van der Waals surface area (Å²) >= 11 is 0. The molecule has 0 unspecified atom stereocenters. The van der Waals surface area contributed by atoms with Gasteiger partial charge >= 0.3 is 22.3 Å². The number of ether oxygens (including phenoxy) is 2. The van der Waals surface area contributed by atoms with Gasteiger partial charge in [-0.05, 0) is 28.7 Å². The van der Waals surface area contributed by atoms with Crippen LogP contribution in [0, 0.1) is 0 Å².